The molecule has 2 aromatic rings. The lowest BCUT2D eigenvalue weighted by Gasteiger charge is -2.19. The predicted octanol–water partition coefficient (Wildman–Crippen LogP) is 1.69. The largest absolute Gasteiger partial charge is 0.481 e. The lowest BCUT2D eigenvalue weighted by Crippen LogP contribution is -2.29. The number of benzene rings is 1. The number of carbonyl (C=O) groups is 1. The number of aliphatic carboxylic acids is 1. The lowest BCUT2D eigenvalue weighted by molar-refractivity contribution is -0.144. The van der Waals surface area contributed by atoms with E-state index in [0.717, 1.165) is 11.1 Å². The summed E-state index contributed by atoms with van der Waals surface area (Å²) in [5.41, 5.74) is 7.44. The third-order valence-electron chi connectivity index (χ3n) is 3.52. The predicted molar refractivity (Wildman–Crippen MR) is 60.2 cm³/mol. The van der Waals surface area contributed by atoms with Gasteiger partial charge in [0.2, 0.25) is 0 Å². The van der Waals surface area contributed by atoms with Crippen LogP contribution in [0.25, 0.3) is 11.1 Å². The zero-order valence-electron chi connectivity index (χ0n) is 9.09. The van der Waals surface area contributed by atoms with Crippen molar-refractivity contribution in [3.8, 4) is 0 Å². The van der Waals surface area contributed by atoms with Gasteiger partial charge in [-0.2, -0.15) is 0 Å². The monoisotopic (exact) mass is 232 g/mol. The van der Waals surface area contributed by atoms with Gasteiger partial charge in [0.25, 0.3) is 0 Å². The Morgan fingerprint density at radius 1 is 1.53 bits per heavy atom. The molecule has 0 aliphatic heterocycles. The molecule has 3 N–H and O–H groups in total. The van der Waals surface area contributed by atoms with Crippen LogP contribution in [0.5, 0.6) is 0 Å². The molecule has 1 aliphatic carbocycles. The van der Waals surface area contributed by atoms with Crippen molar-refractivity contribution in [2.24, 2.45) is 11.1 Å². The molecule has 1 atom stereocenters. The molecule has 1 fully saturated rings. The third kappa shape index (κ3) is 1.43. The first-order valence-electron chi connectivity index (χ1n) is 5.46. The second kappa shape index (κ2) is 3.30. The van der Waals surface area contributed by atoms with Gasteiger partial charge in [-0.1, -0.05) is 6.07 Å². The van der Waals surface area contributed by atoms with E-state index >= 15 is 0 Å². The van der Waals surface area contributed by atoms with Gasteiger partial charge in [0.15, 0.2) is 12.0 Å². The Kier molecular flexibility index (Phi) is 2.00. The molecule has 1 heterocycles. The molecule has 3 rings (SSSR count). The normalized spacial score (nSPS) is 19.1. The molecule has 0 radical (unpaired) electrons. The molecule has 1 saturated carbocycles. The molecule has 1 aliphatic rings. The summed E-state index contributed by atoms with van der Waals surface area (Å²) in [6.07, 6.45) is 2.64. The van der Waals surface area contributed by atoms with Crippen LogP contribution >= 0.6 is 0 Å². The number of rotatable bonds is 3. The van der Waals surface area contributed by atoms with Crippen LogP contribution in [0, 0.1) is 5.41 Å². The van der Waals surface area contributed by atoms with E-state index in [0.29, 0.717) is 18.4 Å². The highest BCUT2D eigenvalue weighted by Crippen LogP contribution is 2.54. The molecule has 88 valence electrons. The van der Waals surface area contributed by atoms with Crippen molar-refractivity contribution in [2.45, 2.75) is 18.9 Å². The van der Waals surface area contributed by atoms with E-state index in [4.69, 9.17) is 10.2 Å². The Hall–Kier alpha value is -1.88. The number of nitrogens with zero attached hydrogens (tertiary/aromatic N) is 1. The van der Waals surface area contributed by atoms with Crippen molar-refractivity contribution in [3.05, 3.63) is 30.2 Å². The van der Waals surface area contributed by atoms with E-state index in [1.807, 2.05) is 6.07 Å². The zero-order valence-corrected chi connectivity index (χ0v) is 9.09. The maximum Gasteiger partial charge on any atom is 0.311 e. The van der Waals surface area contributed by atoms with Crippen molar-refractivity contribution in [1.82, 2.24) is 4.98 Å². The first-order valence-corrected chi connectivity index (χ1v) is 5.46. The number of fused-ring (bicyclic) bond motifs is 1. The molecule has 1 aromatic heterocycles. The summed E-state index contributed by atoms with van der Waals surface area (Å²) in [6, 6.07) is 4.90. The molecule has 0 spiro atoms. The van der Waals surface area contributed by atoms with Gasteiger partial charge < -0.3 is 15.3 Å². The molecule has 17 heavy (non-hydrogen) atoms. The molecule has 0 saturated heterocycles. The van der Waals surface area contributed by atoms with Crippen molar-refractivity contribution in [2.75, 3.05) is 0 Å². The van der Waals surface area contributed by atoms with Crippen LogP contribution in [-0.2, 0) is 4.79 Å². The van der Waals surface area contributed by atoms with Gasteiger partial charge in [-0.25, -0.2) is 4.98 Å². The summed E-state index contributed by atoms with van der Waals surface area (Å²) in [4.78, 5) is 15.2. The number of nitrogens with two attached hydrogens (primary N) is 1. The third-order valence-corrected chi connectivity index (χ3v) is 3.52. The first-order chi connectivity index (χ1) is 8.13. The smallest absolute Gasteiger partial charge is 0.311 e. The fourth-order valence-electron chi connectivity index (χ4n) is 2.18. The summed E-state index contributed by atoms with van der Waals surface area (Å²) in [5.74, 6) is -0.817. The summed E-state index contributed by atoms with van der Waals surface area (Å²) >= 11 is 0. The minimum atomic E-state index is -0.817. The van der Waals surface area contributed by atoms with Gasteiger partial charge in [0, 0.05) is 6.04 Å². The van der Waals surface area contributed by atoms with Crippen LogP contribution in [0.3, 0.4) is 0 Å². The average molecular weight is 232 g/mol. The lowest BCUT2D eigenvalue weighted by atomic mass is 9.91. The number of hydrogen-bond donors (Lipinski definition) is 2. The van der Waals surface area contributed by atoms with Crippen LogP contribution in [0.2, 0.25) is 0 Å². The Morgan fingerprint density at radius 3 is 2.94 bits per heavy atom. The van der Waals surface area contributed by atoms with E-state index in [-0.39, 0.29) is 0 Å². The molecule has 0 amide bonds. The van der Waals surface area contributed by atoms with Gasteiger partial charge in [-0.3, -0.25) is 4.79 Å². The van der Waals surface area contributed by atoms with E-state index in [9.17, 15) is 9.90 Å². The number of carboxylic acid groups (broad SMARTS) is 1. The van der Waals surface area contributed by atoms with E-state index in [1.54, 1.807) is 12.1 Å². The van der Waals surface area contributed by atoms with Gasteiger partial charge in [-0.05, 0) is 30.5 Å². The number of carboxylic acids is 1. The second-order valence-corrected chi connectivity index (χ2v) is 4.52. The minimum absolute atomic E-state index is 0.491. The molecule has 0 bridgehead atoms. The Balaban J connectivity index is 2.00. The zero-order chi connectivity index (χ0) is 12.0. The van der Waals surface area contributed by atoms with E-state index in [2.05, 4.69) is 4.98 Å². The maximum absolute atomic E-state index is 11.2. The molecule has 5 heteroatoms. The number of aromatic nitrogens is 1. The molecular formula is C12H12N2O3. The Bertz CT molecular complexity index is 586. The topological polar surface area (TPSA) is 89.4 Å². The van der Waals surface area contributed by atoms with Crippen LogP contribution < -0.4 is 5.73 Å². The highest BCUT2D eigenvalue weighted by atomic mass is 16.4. The van der Waals surface area contributed by atoms with Crippen molar-refractivity contribution in [3.63, 3.8) is 0 Å². The quantitative estimate of drug-likeness (QED) is 0.840. The first kappa shape index (κ1) is 10.3. The Morgan fingerprint density at radius 2 is 2.29 bits per heavy atom. The molecule has 1 aromatic carbocycles. The summed E-state index contributed by atoms with van der Waals surface area (Å²) < 4.78 is 5.19. The van der Waals surface area contributed by atoms with E-state index < -0.39 is 17.4 Å². The summed E-state index contributed by atoms with van der Waals surface area (Å²) in [7, 11) is 0. The molecule has 5 nitrogen and oxygen atoms in total. The summed E-state index contributed by atoms with van der Waals surface area (Å²) in [5, 5.41) is 9.19. The van der Waals surface area contributed by atoms with Gasteiger partial charge in [-0.15, -0.1) is 0 Å². The highest BCUT2D eigenvalue weighted by Gasteiger charge is 2.55. The van der Waals surface area contributed by atoms with Gasteiger partial charge in [0.1, 0.15) is 5.52 Å². The second-order valence-electron chi connectivity index (χ2n) is 4.52. The highest BCUT2D eigenvalue weighted by molar-refractivity contribution is 5.80. The SMILES string of the molecule is NC(c1ccc2ncoc2c1)C1(C(=O)O)CC1. The minimum Gasteiger partial charge on any atom is -0.481 e. The fraction of sp³-hybridized carbons (Fsp3) is 0.333. The van der Waals surface area contributed by atoms with Crippen LogP contribution in [0.15, 0.2) is 29.0 Å². The molecule has 1 unspecified atom stereocenters. The number of oxazole rings is 1. The van der Waals surface area contributed by atoms with Crippen LogP contribution in [0.1, 0.15) is 24.4 Å². The maximum atomic E-state index is 11.2. The van der Waals surface area contributed by atoms with Crippen molar-refractivity contribution in [1.29, 1.82) is 0 Å². The molecular weight excluding hydrogens is 220 g/mol. The van der Waals surface area contributed by atoms with E-state index in [1.165, 1.54) is 6.39 Å². The Labute approximate surface area is 97.2 Å². The van der Waals surface area contributed by atoms with Crippen molar-refractivity contribution >= 4 is 17.1 Å². The summed E-state index contributed by atoms with van der Waals surface area (Å²) in [6.45, 7) is 0. The fourth-order valence-corrected chi connectivity index (χ4v) is 2.18. The van der Waals surface area contributed by atoms with Crippen LogP contribution in [0.4, 0.5) is 0 Å². The average Bonchev–Trinajstić information content (AvgIpc) is 3.00. The van der Waals surface area contributed by atoms with Crippen LogP contribution in [-0.4, -0.2) is 16.1 Å². The van der Waals surface area contributed by atoms with Crippen molar-refractivity contribution < 1.29 is 14.3 Å². The standard InChI is InChI=1S/C12H12N2O3/c13-10(12(3-4-12)11(15)16)7-1-2-8-9(5-7)17-6-14-8/h1-2,5-6,10H,3-4,13H2,(H,15,16). The van der Waals surface area contributed by atoms with Gasteiger partial charge in [0.05, 0.1) is 5.41 Å². The number of hydrogen-bond acceptors (Lipinski definition) is 4. The van der Waals surface area contributed by atoms with Gasteiger partial charge >= 0.3 is 5.97 Å².